The van der Waals surface area contributed by atoms with Crippen molar-refractivity contribution in [3.63, 3.8) is 0 Å². The average molecular weight is 310 g/mol. The standard InChI is InChI=1S/C19H22N2S/c1-4-21-18(22)15-9-10-20-12-16(15)17-14-8-6-5-7-13(14)11-19(17,2)3/h5-10,12,17H,4,11H2,1-3H3,(H,21,22). The van der Waals surface area contributed by atoms with Crippen LogP contribution in [0.25, 0.3) is 0 Å². The molecule has 0 radical (unpaired) electrons. The zero-order valence-electron chi connectivity index (χ0n) is 13.4. The highest BCUT2D eigenvalue weighted by Gasteiger charge is 2.40. The largest absolute Gasteiger partial charge is 0.376 e. The lowest BCUT2D eigenvalue weighted by Gasteiger charge is -2.29. The molecule has 1 aliphatic carbocycles. The number of pyridine rings is 1. The molecule has 0 saturated carbocycles. The van der Waals surface area contributed by atoms with Crippen LogP contribution in [0.3, 0.4) is 0 Å². The normalized spacial score (nSPS) is 18.8. The van der Waals surface area contributed by atoms with E-state index in [0.29, 0.717) is 5.92 Å². The van der Waals surface area contributed by atoms with Gasteiger partial charge < -0.3 is 5.32 Å². The second kappa shape index (κ2) is 5.81. The van der Waals surface area contributed by atoms with Gasteiger partial charge in [0, 0.05) is 30.4 Å². The number of hydrogen-bond donors (Lipinski definition) is 1. The average Bonchev–Trinajstić information content (AvgIpc) is 2.77. The van der Waals surface area contributed by atoms with Gasteiger partial charge in [-0.3, -0.25) is 4.98 Å². The van der Waals surface area contributed by atoms with Crippen molar-refractivity contribution in [3.05, 3.63) is 65.0 Å². The van der Waals surface area contributed by atoms with Crippen LogP contribution >= 0.6 is 12.2 Å². The molecule has 1 heterocycles. The van der Waals surface area contributed by atoms with Crippen molar-refractivity contribution in [2.24, 2.45) is 5.41 Å². The molecule has 114 valence electrons. The summed E-state index contributed by atoms with van der Waals surface area (Å²) < 4.78 is 0. The third-order valence-electron chi connectivity index (χ3n) is 4.54. The van der Waals surface area contributed by atoms with Crippen molar-refractivity contribution in [3.8, 4) is 0 Å². The van der Waals surface area contributed by atoms with Gasteiger partial charge in [0.25, 0.3) is 0 Å². The van der Waals surface area contributed by atoms with E-state index < -0.39 is 0 Å². The first kappa shape index (κ1) is 15.2. The minimum absolute atomic E-state index is 0.170. The molecular formula is C19H22N2S. The second-order valence-corrected chi connectivity index (χ2v) is 7.03. The Morgan fingerprint density at radius 2 is 2.05 bits per heavy atom. The topological polar surface area (TPSA) is 24.9 Å². The molecule has 1 unspecified atom stereocenters. The van der Waals surface area contributed by atoms with E-state index in [4.69, 9.17) is 12.2 Å². The fourth-order valence-corrected chi connectivity index (χ4v) is 4.01. The Kier molecular flexibility index (Phi) is 4.00. The van der Waals surface area contributed by atoms with Gasteiger partial charge in [-0.25, -0.2) is 0 Å². The molecule has 0 amide bonds. The predicted octanol–water partition coefficient (Wildman–Crippen LogP) is 4.08. The Morgan fingerprint density at radius 1 is 1.27 bits per heavy atom. The van der Waals surface area contributed by atoms with Crippen molar-refractivity contribution >= 4 is 17.2 Å². The molecule has 2 nitrogen and oxygen atoms in total. The summed E-state index contributed by atoms with van der Waals surface area (Å²) in [4.78, 5) is 5.20. The number of benzene rings is 1. The fourth-order valence-electron chi connectivity index (χ4n) is 3.68. The molecule has 0 saturated heterocycles. The van der Waals surface area contributed by atoms with Gasteiger partial charge in [0.1, 0.15) is 4.99 Å². The van der Waals surface area contributed by atoms with Crippen LogP contribution < -0.4 is 5.32 Å². The molecular weight excluding hydrogens is 288 g/mol. The number of nitrogens with zero attached hydrogens (tertiary/aromatic N) is 1. The summed E-state index contributed by atoms with van der Waals surface area (Å²) in [5, 5.41) is 3.28. The smallest absolute Gasteiger partial charge is 0.106 e. The van der Waals surface area contributed by atoms with Gasteiger partial charge in [-0.1, -0.05) is 50.3 Å². The molecule has 0 fully saturated rings. The molecule has 1 N–H and O–H groups in total. The van der Waals surface area contributed by atoms with Gasteiger partial charge in [-0.15, -0.1) is 0 Å². The van der Waals surface area contributed by atoms with Gasteiger partial charge in [-0.05, 0) is 41.5 Å². The SMILES string of the molecule is CCNC(=S)c1ccncc1C1c2ccccc2CC1(C)C. The monoisotopic (exact) mass is 310 g/mol. The minimum Gasteiger partial charge on any atom is -0.376 e. The fraction of sp³-hybridized carbons (Fsp3) is 0.368. The van der Waals surface area contributed by atoms with Crippen molar-refractivity contribution in [2.45, 2.75) is 33.1 Å². The number of hydrogen-bond acceptors (Lipinski definition) is 2. The number of nitrogens with one attached hydrogen (secondary N) is 1. The summed E-state index contributed by atoms with van der Waals surface area (Å²) in [6.45, 7) is 7.59. The van der Waals surface area contributed by atoms with E-state index in [1.54, 1.807) is 0 Å². The number of thiocarbonyl (C=S) groups is 1. The highest BCUT2D eigenvalue weighted by molar-refractivity contribution is 7.80. The van der Waals surface area contributed by atoms with Crippen LogP contribution in [0.2, 0.25) is 0 Å². The van der Waals surface area contributed by atoms with Crippen LogP contribution in [-0.4, -0.2) is 16.5 Å². The maximum Gasteiger partial charge on any atom is 0.106 e. The number of fused-ring (bicyclic) bond motifs is 1. The van der Waals surface area contributed by atoms with E-state index in [9.17, 15) is 0 Å². The summed E-state index contributed by atoms with van der Waals surface area (Å²) >= 11 is 5.58. The minimum atomic E-state index is 0.170. The van der Waals surface area contributed by atoms with Crippen molar-refractivity contribution in [1.82, 2.24) is 10.3 Å². The second-order valence-electron chi connectivity index (χ2n) is 6.62. The van der Waals surface area contributed by atoms with Crippen LogP contribution in [0, 0.1) is 5.41 Å². The number of rotatable bonds is 3. The van der Waals surface area contributed by atoms with Crippen LogP contribution in [0.1, 0.15) is 48.9 Å². The Balaban J connectivity index is 2.13. The van der Waals surface area contributed by atoms with Gasteiger partial charge in [-0.2, -0.15) is 0 Å². The van der Waals surface area contributed by atoms with E-state index in [2.05, 4.69) is 55.3 Å². The van der Waals surface area contributed by atoms with Crippen LogP contribution in [0.5, 0.6) is 0 Å². The van der Waals surface area contributed by atoms with Crippen molar-refractivity contribution in [2.75, 3.05) is 6.54 Å². The summed E-state index contributed by atoms with van der Waals surface area (Å²) in [5.74, 6) is 0.337. The summed E-state index contributed by atoms with van der Waals surface area (Å²) in [5.41, 5.74) is 5.39. The van der Waals surface area contributed by atoms with Crippen LogP contribution in [0.4, 0.5) is 0 Å². The first-order valence-corrected chi connectivity index (χ1v) is 8.25. The third kappa shape index (κ3) is 2.54. The van der Waals surface area contributed by atoms with Crippen LogP contribution in [0.15, 0.2) is 42.7 Å². The molecule has 0 bridgehead atoms. The van der Waals surface area contributed by atoms with E-state index >= 15 is 0 Å². The van der Waals surface area contributed by atoms with Gasteiger partial charge in [0.2, 0.25) is 0 Å². The first-order valence-electron chi connectivity index (χ1n) is 7.84. The molecule has 0 aliphatic heterocycles. The van der Waals surface area contributed by atoms with Gasteiger partial charge in [0.15, 0.2) is 0 Å². The zero-order valence-corrected chi connectivity index (χ0v) is 14.2. The maximum absolute atomic E-state index is 5.58. The van der Waals surface area contributed by atoms with Crippen LogP contribution in [-0.2, 0) is 6.42 Å². The molecule has 0 spiro atoms. The molecule has 22 heavy (non-hydrogen) atoms. The quantitative estimate of drug-likeness (QED) is 0.865. The van der Waals surface area contributed by atoms with E-state index in [1.165, 1.54) is 16.7 Å². The lowest BCUT2D eigenvalue weighted by molar-refractivity contribution is 0.346. The summed E-state index contributed by atoms with van der Waals surface area (Å²) in [7, 11) is 0. The molecule has 1 atom stereocenters. The Bertz CT molecular complexity index is 706. The van der Waals surface area contributed by atoms with Gasteiger partial charge in [0.05, 0.1) is 0 Å². The van der Waals surface area contributed by atoms with E-state index in [1.807, 2.05) is 18.5 Å². The Morgan fingerprint density at radius 3 is 2.82 bits per heavy atom. The number of aromatic nitrogens is 1. The first-order chi connectivity index (χ1) is 10.5. The summed E-state index contributed by atoms with van der Waals surface area (Å²) in [6.07, 6.45) is 4.92. The molecule has 1 aromatic carbocycles. The summed E-state index contributed by atoms with van der Waals surface area (Å²) in [6, 6.07) is 10.8. The van der Waals surface area contributed by atoms with Crippen molar-refractivity contribution in [1.29, 1.82) is 0 Å². The molecule has 1 aromatic heterocycles. The lowest BCUT2D eigenvalue weighted by Crippen LogP contribution is -2.26. The Hall–Kier alpha value is -1.74. The zero-order chi connectivity index (χ0) is 15.7. The highest BCUT2D eigenvalue weighted by Crippen LogP contribution is 2.50. The lowest BCUT2D eigenvalue weighted by atomic mass is 9.75. The third-order valence-corrected chi connectivity index (χ3v) is 4.90. The molecule has 2 aromatic rings. The van der Waals surface area contributed by atoms with Gasteiger partial charge >= 0.3 is 0 Å². The molecule has 3 rings (SSSR count). The predicted molar refractivity (Wildman–Crippen MR) is 95.4 cm³/mol. The van der Waals surface area contributed by atoms with Crippen molar-refractivity contribution < 1.29 is 0 Å². The van der Waals surface area contributed by atoms with E-state index in [0.717, 1.165) is 23.5 Å². The molecule has 3 heteroatoms. The van der Waals surface area contributed by atoms with E-state index in [-0.39, 0.29) is 5.41 Å². The highest BCUT2D eigenvalue weighted by atomic mass is 32.1. The maximum atomic E-state index is 5.58. The molecule has 1 aliphatic rings. The Labute approximate surface area is 138 Å².